The van der Waals surface area contributed by atoms with E-state index in [4.69, 9.17) is 9.94 Å². The number of hydrogen-bond donors (Lipinski definition) is 2. The quantitative estimate of drug-likeness (QED) is 0.426. The molecule has 144 valence electrons. The molecule has 0 saturated heterocycles. The van der Waals surface area contributed by atoms with Crippen LogP contribution < -0.4 is 4.74 Å². The Bertz CT molecular complexity index is 910. The number of fused-ring (bicyclic) bond motifs is 1. The first-order chi connectivity index (χ1) is 12.6. The van der Waals surface area contributed by atoms with Gasteiger partial charge in [-0.2, -0.15) is 0 Å². The van der Waals surface area contributed by atoms with Gasteiger partial charge in [0, 0.05) is 17.2 Å². The molecule has 0 bridgehead atoms. The van der Waals surface area contributed by atoms with Gasteiger partial charge in [0.15, 0.2) is 0 Å². The van der Waals surface area contributed by atoms with Crippen LogP contribution >= 0.6 is 0 Å². The third kappa shape index (κ3) is 3.29. The lowest BCUT2D eigenvalue weighted by atomic mass is 9.62. The van der Waals surface area contributed by atoms with Gasteiger partial charge in [-0.15, -0.1) is 0 Å². The van der Waals surface area contributed by atoms with Crippen molar-refractivity contribution in [2.75, 3.05) is 7.11 Å². The molecule has 0 radical (unpaired) electrons. The van der Waals surface area contributed by atoms with Crippen LogP contribution in [0.25, 0.3) is 11.1 Å². The van der Waals surface area contributed by atoms with Crippen LogP contribution in [-0.2, 0) is 10.8 Å². The number of oxime groups is 1. The van der Waals surface area contributed by atoms with Gasteiger partial charge >= 0.3 is 0 Å². The van der Waals surface area contributed by atoms with Crippen molar-refractivity contribution >= 4 is 6.21 Å². The van der Waals surface area contributed by atoms with E-state index in [2.05, 4.69) is 51.9 Å². The first kappa shape index (κ1) is 19.3. The molecule has 1 aliphatic rings. The van der Waals surface area contributed by atoms with E-state index >= 15 is 0 Å². The van der Waals surface area contributed by atoms with E-state index in [0.29, 0.717) is 11.3 Å². The highest BCUT2D eigenvalue weighted by molar-refractivity contribution is 5.88. The fourth-order valence-electron chi connectivity index (χ4n) is 4.14. The molecular formula is C23H29NO3. The van der Waals surface area contributed by atoms with Crippen molar-refractivity contribution in [2.45, 2.75) is 58.3 Å². The smallest absolute Gasteiger partial charge is 0.130 e. The van der Waals surface area contributed by atoms with Gasteiger partial charge in [0.25, 0.3) is 0 Å². The van der Waals surface area contributed by atoms with E-state index < -0.39 is 0 Å². The maximum Gasteiger partial charge on any atom is 0.130 e. The Morgan fingerprint density at radius 3 is 2.11 bits per heavy atom. The molecular weight excluding hydrogens is 338 g/mol. The number of methoxy groups -OCH3 is 1. The van der Waals surface area contributed by atoms with Gasteiger partial charge in [0.1, 0.15) is 11.5 Å². The lowest BCUT2D eigenvalue weighted by molar-refractivity contribution is 0.321. The van der Waals surface area contributed by atoms with Crippen molar-refractivity contribution < 1.29 is 15.1 Å². The predicted octanol–water partition coefficient (Wildman–Crippen LogP) is 5.53. The van der Waals surface area contributed by atoms with Gasteiger partial charge in [0.2, 0.25) is 0 Å². The van der Waals surface area contributed by atoms with Crippen molar-refractivity contribution in [1.82, 2.24) is 0 Å². The standard InChI is InChI=1S/C23H29NO3/c1-14-9-18-19(23(4,5)8-7-22(18,2)3)11-16(14)17-10-15(13-24-26)20(25)12-21(17)27-6/h9-13,25-26H,7-8H2,1-6H3. The van der Waals surface area contributed by atoms with Crippen molar-refractivity contribution in [3.63, 3.8) is 0 Å². The molecule has 0 spiro atoms. The second kappa shape index (κ2) is 6.59. The maximum atomic E-state index is 10.2. The first-order valence-corrected chi connectivity index (χ1v) is 9.35. The molecule has 0 atom stereocenters. The number of benzene rings is 2. The highest BCUT2D eigenvalue weighted by Gasteiger charge is 2.37. The van der Waals surface area contributed by atoms with Crippen molar-refractivity contribution in [3.8, 4) is 22.6 Å². The minimum absolute atomic E-state index is 0.0190. The number of ether oxygens (including phenoxy) is 1. The molecule has 0 unspecified atom stereocenters. The van der Waals surface area contributed by atoms with Gasteiger partial charge in [-0.3, -0.25) is 0 Å². The lowest BCUT2D eigenvalue weighted by Crippen LogP contribution is -2.34. The summed E-state index contributed by atoms with van der Waals surface area (Å²) >= 11 is 0. The summed E-state index contributed by atoms with van der Waals surface area (Å²) in [5.41, 5.74) is 6.60. The zero-order chi connectivity index (χ0) is 20.0. The maximum absolute atomic E-state index is 10.2. The normalized spacial score (nSPS) is 17.7. The molecule has 4 nitrogen and oxygen atoms in total. The summed E-state index contributed by atoms with van der Waals surface area (Å²) in [5.74, 6) is 0.615. The molecule has 0 fully saturated rings. The molecule has 0 saturated carbocycles. The Kier molecular flexibility index (Phi) is 4.71. The van der Waals surface area contributed by atoms with Crippen molar-refractivity contribution in [2.24, 2.45) is 5.16 Å². The summed E-state index contributed by atoms with van der Waals surface area (Å²) in [6.07, 6.45) is 3.55. The zero-order valence-corrected chi connectivity index (χ0v) is 17.1. The van der Waals surface area contributed by atoms with Gasteiger partial charge < -0.3 is 15.1 Å². The van der Waals surface area contributed by atoms with E-state index in [1.807, 2.05) is 6.07 Å². The molecule has 0 heterocycles. The summed E-state index contributed by atoms with van der Waals surface area (Å²) in [5, 5.41) is 22.1. The van der Waals surface area contributed by atoms with Crippen LogP contribution in [0.2, 0.25) is 0 Å². The number of nitrogens with zero attached hydrogens (tertiary/aromatic N) is 1. The highest BCUT2D eigenvalue weighted by atomic mass is 16.5. The number of phenolic OH excluding ortho intramolecular Hbond substituents is 1. The van der Waals surface area contributed by atoms with Gasteiger partial charge in [0.05, 0.1) is 13.3 Å². The van der Waals surface area contributed by atoms with E-state index in [0.717, 1.165) is 23.1 Å². The number of rotatable bonds is 3. The molecule has 2 aromatic rings. The summed E-state index contributed by atoms with van der Waals surface area (Å²) in [6, 6.07) is 7.96. The Hall–Kier alpha value is -2.49. The Morgan fingerprint density at radius 2 is 1.56 bits per heavy atom. The van der Waals surface area contributed by atoms with Gasteiger partial charge in [-0.25, -0.2) is 0 Å². The van der Waals surface area contributed by atoms with Crippen molar-refractivity contribution in [3.05, 3.63) is 46.5 Å². The minimum Gasteiger partial charge on any atom is -0.507 e. The minimum atomic E-state index is 0.0190. The Morgan fingerprint density at radius 1 is 0.963 bits per heavy atom. The molecule has 0 amide bonds. The van der Waals surface area contributed by atoms with Gasteiger partial charge in [-0.05, 0) is 65.0 Å². The molecule has 2 N–H and O–H groups in total. The predicted molar refractivity (Wildman–Crippen MR) is 109 cm³/mol. The molecule has 27 heavy (non-hydrogen) atoms. The lowest BCUT2D eigenvalue weighted by Gasteiger charge is -2.42. The topological polar surface area (TPSA) is 62.0 Å². The number of aryl methyl sites for hydroxylation is 1. The summed E-state index contributed by atoms with van der Waals surface area (Å²) in [7, 11) is 1.60. The Balaban J connectivity index is 2.29. The molecule has 0 aromatic heterocycles. The summed E-state index contributed by atoms with van der Waals surface area (Å²) in [6.45, 7) is 11.4. The highest BCUT2D eigenvalue weighted by Crippen LogP contribution is 2.48. The largest absolute Gasteiger partial charge is 0.507 e. The second-order valence-electron chi connectivity index (χ2n) is 8.84. The summed E-state index contributed by atoms with van der Waals surface area (Å²) < 4.78 is 5.54. The number of phenols is 1. The van der Waals surface area contributed by atoms with Crippen molar-refractivity contribution in [1.29, 1.82) is 0 Å². The molecule has 2 aromatic carbocycles. The average Bonchev–Trinajstić information content (AvgIpc) is 2.60. The summed E-state index contributed by atoms with van der Waals surface area (Å²) in [4.78, 5) is 0. The molecule has 0 aliphatic heterocycles. The van der Waals surface area contributed by atoms with Crippen LogP contribution in [0, 0.1) is 6.92 Å². The van der Waals surface area contributed by atoms with Crippen LogP contribution in [0.5, 0.6) is 11.5 Å². The Labute approximate surface area is 161 Å². The average molecular weight is 367 g/mol. The molecule has 4 heteroatoms. The monoisotopic (exact) mass is 367 g/mol. The van der Waals surface area contributed by atoms with Gasteiger partial charge in [-0.1, -0.05) is 38.9 Å². The van der Waals surface area contributed by atoms with Crippen LogP contribution in [0.3, 0.4) is 0 Å². The molecule has 3 rings (SSSR count). The third-order valence-corrected chi connectivity index (χ3v) is 6.03. The van der Waals surface area contributed by atoms with Crippen LogP contribution in [0.15, 0.2) is 29.4 Å². The number of aromatic hydroxyl groups is 1. The zero-order valence-electron chi connectivity index (χ0n) is 17.1. The van der Waals surface area contributed by atoms with E-state index in [-0.39, 0.29) is 16.6 Å². The van der Waals surface area contributed by atoms with Crippen LogP contribution in [0.1, 0.15) is 62.8 Å². The van der Waals surface area contributed by atoms with Crippen LogP contribution in [0.4, 0.5) is 0 Å². The fraction of sp³-hybridized carbons (Fsp3) is 0.435. The second-order valence-corrected chi connectivity index (χ2v) is 8.84. The van der Waals surface area contributed by atoms with E-state index in [1.54, 1.807) is 13.2 Å². The SMILES string of the molecule is COc1cc(O)c(C=NO)cc1-c1cc2c(cc1C)C(C)(C)CCC2(C)C. The van der Waals surface area contributed by atoms with Crippen LogP contribution in [-0.4, -0.2) is 23.6 Å². The number of hydrogen-bond acceptors (Lipinski definition) is 4. The third-order valence-electron chi connectivity index (χ3n) is 6.03. The van der Waals surface area contributed by atoms with E-state index in [1.165, 1.54) is 23.8 Å². The fourth-order valence-corrected chi connectivity index (χ4v) is 4.14. The first-order valence-electron chi connectivity index (χ1n) is 9.35. The molecule has 1 aliphatic carbocycles. The van der Waals surface area contributed by atoms with E-state index in [9.17, 15) is 5.11 Å².